The van der Waals surface area contributed by atoms with Crippen molar-refractivity contribution in [3.8, 4) is 0 Å². The van der Waals surface area contributed by atoms with Crippen molar-refractivity contribution in [3.05, 3.63) is 36.1 Å². The highest BCUT2D eigenvalue weighted by Gasteiger charge is 2.22. The van der Waals surface area contributed by atoms with Crippen molar-refractivity contribution in [3.63, 3.8) is 0 Å². The van der Waals surface area contributed by atoms with Gasteiger partial charge in [0.15, 0.2) is 11.6 Å². The molecule has 0 atom stereocenters. The second kappa shape index (κ2) is 3.64. The summed E-state index contributed by atoms with van der Waals surface area (Å²) < 4.78 is 5.68. The first-order valence-corrected chi connectivity index (χ1v) is 5.40. The van der Waals surface area contributed by atoms with Crippen LogP contribution in [0.5, 0.6) is 0 Å². The molecule has 0 aliphatic heterocycles. The number of nitrogens with two attached hydrogens (primary N) is 1. The average molecular weight is 215 g/mol. The summed E-state index contributed by atoms with van der Waals surface area (Å²) in [6.07, 6.45) is 2.29. The number of fused-ring (bicyclic) bond motifs is 1. The van der Waals surface area contributed by atoms with Crippen LogP contribution in [0.15, 0.2) is 39.7 Å². The van der Waals surface area contributed by atoms with Crippen LogP contribution in [0.2, 0.25) is 0 Å². The van der Waals surface area contributed by atoms with Gasteiger partial charge in [0.25, 0.3) is 0 Å². The topological polar surface area (TPSA) is 63.5 Å². The summed E-state index contributed by atoms with van der Waals surface area (Å²) in [6, 6.07) is 10.2. The zero-order valence-corrected chi connectivity index (χ0v) is 8.81. The summed E-state index contributed by atoms with van der Waals surface area (Å²) in [5.74, 6) is 6.80. The van der Waals surface area contributed by atoms with Crippen molar-refractivity contribution in [2.75, 3.05) is 0 Å². The van der Waals surface area contributed by atoms with Gasteiger partial charge in [0.05, 0.1) is 6.04 Å². The lowest BCUT2D eigenvalue weighted by molar-refractivity contribution is 0.599. The van der Waals surface area contributed by atoms with Crippen LogP contribution in [0.1, 0.15) is 18.6 Å². The van der Waals surface area contributed by atoms with Crippen LogP contribution in [0, 0.1) is 0 Å². The molecule has 3 rings (SSSR count). The van der Waals surface area contributed by atoms with Crippen molar-refractivity contribution in [2.45, 2.75) is 18.9 Å². The molecule has 0 bridgehead atoms. The highest BCUT2D eigenvalue weighted by atomic mass is 16.3. The maximum atomic E-state index is 5.68. The molecule has 4 nitrogen and oxygen atoms in total. The molecule has 0 spiro atoms. The summed E-state index contributed by atoms with van der Waals surface area (Å²) in [4.78, 5) is 4.46. The van der Waals surface area contributed by atoms with Crippen molar-refractivity contribution >= 4 is 16.8 Å². The lowest BCUT2D eigenvalue weighted by atomic mass is 10.2. The fraction of sp³-hybridized carbons (Fsp3) is 0.250. The molecule has 1 heterocycles. The predicted molar refractivity (Wildman–Crippen MR) is 63.1 cm³/mol. The zero-order chi connectivity index (χ0) is 11.0. The largest absolute Gasteiger partial charge is 0.453 e. The van der Waals surface area contributed by atoms with Gasteiger partial charge in [-0.05, 0) is 25.0 Å². The van der Waals surface area contributed by atoms with Crippen molar-refractivity contribution in [1.29, 1.82) is 0 Å². The Morgan fingerprint density at radius 1 is 1.38 bits per heavy atom. The minimum absolute atomic E-state index is 0.416. The molecule has 0 radical (unpaired) electrons. The van der Waals surface area contributed by atoms with Gasteiger partial charge in [0, 0.05) is 5.39 Å². The average Bonchev–Trinajstić information content (AvgIpc) is 3.02. The van der Waals surface area contributed by atoms with Gasteiger partial charge in [0.1, 0.15) is 5.58 Å². The van der Waals surface area contributed by atoms with Crippen LogP contribution in [0.3, 0.4) is 0 Å². The lowest BCUT2D eigenvalue weighted by Gasteiger charge is -2.00. The van der Waals surface area contributed by atoms with E-state index in [9.17, 15) is 0 Å². The summed E-state index contributed by atoms with van der Waals surface area (Å²) in [5.41, 5.74) is 3.46. The number of nitrogens with one attached hydrogen (secondary N) is 1. The van der Waals surface area contributed by atoms with E-state index in [4.69, 9.17) is 10.3 Å². The molecule has 1 fully saturated rings. The fourth-order valence-electron chi connectivity index (χ4n) is 1.66. The minimum Gasteiger partial charge on any atom is -0.453 e. The van der Waals surface area contributed by atoms with Gasteiger partial charge < -0.3 is 9.84 Å². The van der Waals surface area contributed by atoms with Gasteiger partial charge in [0.2, 0.25) is 0 Å². The highest BCUT2D eigenvalue weighted by Crippen LogP contribution is 2.25. The Morgan fingerprint density at radius 3 is 2.88 bits per heavy atom. The number of amidine groups is 1. The second-order valence-corrected chi connectivity index (χ2v) is 4.00. The van der Waals surface area contributed by atoms with E-state index in [0.717, 1.165) is 23.8 Å². The SMILES string of the molecule is NNC(=NC1CC1)c1cc2ccccc2o1. The first kappa shape index (κ1) is 9.42. The number of hydrogen-bond donors (Lipinski definition) is 2. The van der Waals surface area contributed by atoms with Crippen LogP contribution in [0.4, 0.5) is 0 Å². The quantitative estimate of drug-likeness (QED) is 0.347. The third kappa shape index (κ3) is 1.67. The molecule has 1 aliphatic rings. The molecule has 16 heavy (non-hydrogen) atoms. The Morgan fingerprint density at radius 2 is 2.19 bits per heavy atom. The molecule has 3 N–H and O–H groups in total. The molecular weight excluding hydrogens is 202 g/mol. The number of hydrogen-bond acceptors (Lipinski definition) is 3. The van der Waals surface area contributed by atoms with Gasteiger partial charge >= 0.3 is 0 Å². The van der Waals surface area contributed by atoms with Gasteiger partial charge in [-0.3, -0.25) is 4.99 Å². The van der Waals surface area contributed by atoms with E-state index in [1.54, 1.807) is 0 Å². The third-order valence-corrected chi connectivity index (χ3v) is 2.65. The Balaban J connectivity index is 2.03. The molecule has 0 saturated heterocycles. The number of nitrogens with zero attached hydrogens (tertiary/aromatic N) is 1. The lowest BCUT2D eigenvalue weighted by Crippen LogP contribution is -2.31. The summed E-state index contributed by atoms with van der Waals surface area (Å²) in [7, 11) is 0. The van der Waals surface area contributed by atoms with Crippen molar-refractivity contribution < 1.29 is 4.42 Å². The van der Waals surface area contributed by atoms with Crippen LogP contribution >= 0.6 is 0 Å². The molecule has 0 unspecified atom stereocenters. The smallest absolute Gasteiger partial charge is 0.179 e. The normalized spacial score (nSPS) is 16.7. The molecule has 0 amide bonds. The van der Waals surface area contributed by atoms with E-state index >= 15 is 0 Å². The maximum Gasteiger partial charge on any atom is 0.179 e. The number of aliphatic imine (C=N–C) groups is 1. The van der Waals surface area contributed by atoms with E-state index < -0.39 is 0 Å². The van der Waals surface area contributed by atoms with Crippen LogP contribution < -0.4 is 11.3 Å². The summed E-state index contributed by atoms with van der Waals surface area (Å²) in [6.45, 7) is 0. The van der Waals surface area contributed by atoms with E-state index in [-0.39, 0.29) is 0 Å². The monoisotopic (exact) mass is 215 g/mol. The first-order chi connectivity index (χ1) is 7.86. The van der Waals surface area contributed by atoms with Gasteiger partial charge in [-0.15, -0.1) is 0 Å². The Labute approximate surface area is 93.1 Å². The number of hydrazine groups is 1. The van der Waals surface area contributed by atoms with Crippen molar-refractivity contribution in [1.82, 2.24) is 5.43 Å². The van der Waals surface area contributed by atoms with Crippen LogP contribution in [0.25, 0.3) is 11.0 Å². The predicted octanol–water partition coefficient (Wildman–Crippen LogP) is 1.81. The highest BCUT2D eigenvalue weighted by molar-refractivity contribution is 5.99. The molecule has 1 saturated carbocycles. The Kier molecular flexibility index (Phi) is 2.15. The van der Waals surface area contributed by atoms with E-state index in [0.29, 0.717) is 17.6 Å². The third-order valence-electron chi connectivity index (χ3n) is 2.65. The molecule has 4 heteroatoms. The Hall–Kier alpha value is -1.81. The van der Waals surface area contributed by atoms with E-state index in [1.165, 1.54) is 0 Å². The van der Waals surface area contributed by atoms with Crippen LogP contribution in [-0.2, 0) is 0 Å². The molecular formula is C12H13N3O. The molecule has 82 valence electrons. The van der Waals surface area contributed by atoms with E-state index in [1.807, 2.05) is 30.3 Å². The van der Waals surface area contributed by atoms with Crippen LogP contribution in [-0.4, -0.2) is 11.9 Å². The standard InChI is InChI=1S/C12H13N3O/c13-15-12(14-9-5-6-9)11-7-8-3-1-2-4-10(8)16-11/h1-4,7,9H,5-6,13H2,(H,14,15). The summed E-state index contributed by atoms with van der Waals surface area (Å²) >= 11 is 0. The number of furan rings is 1. The molecule has 1 aromatic carbocycles. The molecule has 1 aromatic heterocycles. The molecule has 2 aromatic rings. The second-order valence-electron chi connectivity index (χ2n) is 4.00. The van der Waals surface area contributed by atoms with E-state index in [2.05, 4.69) is 10.4 Å². The maximum absolute atomic E-state index is 5.68. The fourth-order valence-corrected chi connectivity index (χ4v) is 1.66. The number of benzene rings is 1. The van der Waals surface area contributed by atoms with Gasteiger partial charge in [-0.2, -0.15) is 0 Å². The van der Waals surface area contributed by atoms with Crippen molar-refractivity contribution in [2.24, 2.45) is 10.8 Å². The number of rotatable bonds is 2. The summed E-state index contributed by atoms with van der Waals surface area (Å²) in [5, 5.41) is 1.07. The first-order valence-electron chi connectivity index (χ1n) is 5.40. The molecule has 1 aliphatic carbocycles. The number of para-hydroxylation sites is 1. The van der Waals surface area contributed by atoms with Gasteiger partial charge in [-0.25, -0.2) is 5.84 Å². The minimum atomic E-state index is 0.416. The van der Waals surface area contributed by atoms with Gasteiger partial charge in [-0.1, -0.05) is 18.2 Å². The zero-order valence-electron chi connectivity index (χ0n) is 8.81. The Bertz CT molecular complexity index is 507.